The van der Waals surface area contributed by atoms with Gasteiger partial charge in [0.2, 0.25) is 0 Å². The van der Waals surface area contributed by atoms with Crippen LogP contribution < -0.4 is 5.32 Å². The van der Waals surface area contributed by atoms with Gasteiger partial charge in [-0.1, -0.05) is 53.7 Å². The Kier molecular flexibility index (Phi) is 7.68. The third-order valence-corrected chi connectivity index (χ3v) is 6.28. The van der Waals surface area contributed by atoms with Crippen LogP contribution in [0.25, 0.3) is 11.0 Å². The number of fused-ring (bicyclic) bond motifs is 1. The van der Waals surface area contributed by atoms with E-state index < -0.39 is 5.97 Å². The van der Waals surface area contributed by atoms with Crippen molar-refractivity contribution in [1.82, 2.24) is 14.9 Å². The number of ether oxygens (including phenoxy) is 2. The number of carbonyl (C=O) groups excluding carboxylic acids is 2. The van der Waals surface area contributed by atoms with Crippen molar-refractivity contribution in [2.75, 3.05) is 25.5 Å². The van der Waals surface area contributed by atoms with Crippen molar-refractivity contribution in [3.63, 3.8) is 0 Å². The normalized spacial score (nSPS) is 15.7. The summed E-state index contributed by atoms with van der Waals surface area (Å²) in [7, 11) is 0. The maximum absolute atomic E-state index is 12.2. The second-order valence-corrected chi connectivity index (χ2v) is 8.87. The molecule has 2 aromatic carbocycles. The van der Waals surface area contributed by atoms with E-state index in [4.69, 9.17) is 21.1 Å². The van der Waals surface area contributed by atoms with E-state index in [2.05, 4.69) is 10.3 Å². The van der Waals surface area contributed by atoms with Gasteiger partial charge in [0.1, 0.15) is 0 Å². The maximum Gasteiger partial charge on any atom is 0.316 e. The van der Waals surface area contributed by atoms with Gasteiger partial charge in [0.15, 0.2) is 11.8 Å². The number of halogens is 1. The Balaban J connectivity index is 1.35. The second kappa shape index (κ2) is 10.8. The second-order valence-electron chi connectivity index (χ2n) is 7.49. The fourth-order valence-electron chi connectivity index (χ4n) is 3.51. The van der Waals surface area contributed by atoms with Crippen molar-refractivity contribution in [3.8, 4) is 0 Å². The molecule has 0 bridgehead atoms. The number of hydrogen-bond donors (Lipinski definition) is 1. The van der Waals surface area contributed by atoms with Crippen molar-refractivity contribution < 1.29 is 19.1 Å². The predicted octanol–water partition coefficient (Wildman–Crippen LogP) is 3.67. The number of aromatic nitrogens is 2. The molecular formula is C23H24ClN3O4S. The van der Waals surface area contributed by atoms with Crippen molar-refractivity contribution >= 4 is 46.3 Å². The van der Waals surface area contributed by atoms with Crippen molar-refractivity contribution in [2.24, 2.45) is 0 Å². The number of benzene rings is 2. The quantitative estimate of drug-likeness (QED) is 0.377. The van der Waals surface area contributed by atoms with Gasteiger partial charge in [0.05, 0.1) is 29.4 Å². The zero-order valence-electron chi connectivity index (χ0n) is 17.5. The van der Waals surface area contributed by atoms with Crippen molar-refractivity contribution in [2.45, 2.75) is 30.6 Å². The van der Waals surface area contributed by atoms with Gasteiger partial charge in [-0.15, -0.1) is 0 Å². The van der Waals surface area contributed by atoms with Gasteiger partial charge in [-0.25, -0.2) is 4.98 Å². The van der Waals surface area contributed by atoms with Gasteiger partial charge >= 0.3 is 5.97 Å². The van der Waals surface area contributed by atoms with Gasteiger partial charge in [-0.3, -0.25) is 9.59 Å². The minimum atomic E-state index is -0.474. The highest BCUT2D eigenvalue weighted by atomic mass is 35.5. The third-order valence-electron chi connectivity index (χ3n) is 5.09. The summed E-state index contributed by atoms with van der Waals surface area (Å²) in [6.07, 6.45) is 2.00. The first-order valence-corrected chi connectivity index (χ1v) is 11.8. The van der Waals surface area contributed by atoms with Crippen LogP contribution in [-0.4, -0.2) is 53.0 Å². The number of nitrogens with one attached hydrogen (secondary N) is 1. The average Bonchev–Trinajstić information content (AvgIpc) is 3.43. The lowest BCUT2D eigenvalue weighted by molar-refractivity contribution is -0.146. The number of nitrogens with zero attached hydrogens (tertiary/aromatic N) is 2. The molecule has 1 atom stereocenters. The molecule has 1 saturated heterocycles. The van der Waals surface area contributed by atoms with Crippen LogP contribution in [0.3, 0.4) is 0 Å². The standard InChI is InChI=1S/C23H24ClN3O4S/c24-17-8-9-20-19(11-17)26-23(27(20)13-16-5-2-1-3-6-16)32-15-22(29)31-14-21(28)25-12-18-7-4-10-30-18/h1-3,5-6,8-9,11,18H,4,7,10,12-15H2,(H,25,28). The molecule has 0 radical (unpaired) electrons. The molecule has 0 aliphatic carbocycles. The zero-order chi connectivity index (χ0) is 22.3. The summed E-state index contributed by atoms with van der Waals surface area (Å²) in [5.41, 5.74) is 2.81. The average molecular weight is 474 g/mol. The lowest BCUT2D eigenvalue weighted by Gasteiger charge is -2.11. The fraction of sp³-hybridized carbons (Fsp3) is 0.348. The molecule has 1 N–H and O–H groups in total. The summed E-state index contributed by atoms with van der Waals surface area (Å²) in [5.74, 6) is -0.756. The topological polar surface area (TPSA) is 82.5 Å². The molecule has 9 heteroatoms. The van der Waals surface area contributed by atoms with Crippen LogP contribution >= 0.6 is 23.4 Å². The molecule has 1 aromatic heterocycles. The molecule has 7 nitrogen and oxygen atoms in total. The monoisotopic (exact) mass is 473 g/mol. The number of hydrogen-bond acceptors (Lipinski definition) is 6. The van der Waals surface area contributed by atoms with E-state index in [9.17, 15) is 9.59 Å². The Hall–Kier alpha value is -2.55. The number of rotatable bonds is 9. The Labute approximate surface area is 195 Å². The minimum absolute atomic E-state index is 0.0465. The summed E-state index contributed by atoms with van der Waals surface area (Å²) in [5, 5.41) is 4.03. The Morgan fingerprint density at radius 1 is 1.25 bits per heavy atom. The highest BCUT2D eigenvalue weighted by Gasteiger charge is 2.18. The molecule has 1 fully saturated rings. The zero-order valence-corrected chi connectivity index (χ0v) is 19.0. The summed E-state index contributed by atoms with van der Waals surface area (Å²) in [6.45, 7) is 1.48. The van der Waals surface area contributed by atoms with Gasteiger partial charge in [-0.2, -0.15) is 0 Å². The highest BCUT2D eigenvalue weighted by molar-refractivity contribution is 7.99. The maximum atomic E-state index is 12.2. The van der Waals surface area contributed by atoms with Crippen molar-refractivity contribution in [1.29, 1.82) is 0 Å². The van der Waals surface area contributed by atoms with Crippen LogP contribution in [0.5, 0.6) is 0 Å². The molecule has 0 spiro atoms. The first kappa shape index (κ1) is 22.6. The van der Waals surface area contributed by atoms with Gasteiger partial charge in [0, 0.05) is 18.2 Å². The number of carbonyl (C=O) groups is 2. The van der Waals surface area contributed by atoms with Gasteiger partial charge < -0.3 is 19.4 Å². The van der Waals surface area contributed by atoms with E-state index in [1.54, 1.807) is 6.07 Å². The lowest BCUT2D eigenvalue weighted by Crippen LogP contribution is -2.35. The van der Waals surface area contributed by atoms with E-state index in [0.29, 0.717) is 23.3 Å². The highest BCUT2D eigenvalue weighted by Crippen LogP contribution is 2.27. The Morgan fingerprint density at radius 3 is 2.88 bits per heavy atom. The number of imidazole rings is 1. The molecule has 2 heterocycles. The van der Waals surface area contributed by atoms with Crippen LogP contribution in [-0.2, 0) is 25.6 Å². The molecule has 1 unspecified atom stereocenters. The SMILES string of the molecule is O=C(COC(=O)CSc1nc2cc(Cl)ccc2n1Cc1ccccc1)NCC1CCCO1. The van der Waals surface area contributed by atoms with E-state index in [0.717, 1.165) is 36.0 Å². The predicted molar refractivity (Wildman–Crippen MR) is 124 cm³/mol. The molecule has 4 rings (SSSR count). The third kappa shape index (κ3) is 6.03. The van der Waals surface area contributed by atoms with Gasteiger partial charge in [0.25, 0.3) is 5.91 Å². The fourth-order valence-corrected chi connectivity index (χ4v) is 4.48. The first-order valence-electron chi connectivity index (χ1n) is 10.4. The molecule has 168 valence electrons. The first-order chi connectivity index (χ1) is 15.6. The molecular weight excluding hydrogens is 450 g/mol. The Bertz CT molecular complexity index is 1080. The Morgan fingerprint density at radius 2 is 2.09 bits per heavy atom. The molecule has 1 aliphatic rings. The summed E-state index contributed by atoms with van der Waals surface area (Å²) >= 11 is 7.40. The van der Waals surface area contributed by atoms with E-state index >= 15 is 0 Å². The molecule has 1 amide bonds. The summed E-state index contributed by atoms with van der Waals surface area (Å²) in [6, 6.07) is 15.6. The van der Waals surface area contributed by atoms with Crippen LogP contribution in [0, 0.1) is 0 Å². The van der Waals surface area contributed by atoms with Crippen LogP contribution in [0.15, 0.2) is 53.7 Å². The van der Waals surface area contributed by atoms with Crippen molar-refractivity contribution in [3.05, 3.63) is 59.1 Å². The van der Waals surface area contributed by atoms with Gasteiger partial charge in [-0.05, 0) is 36.6 Å². The minimum Gasteiger partial charge on any atom is -0.455 e. The van der Waals surface area contributed by atoms with E-state index in [1.165, 1.54) is 11.8 Å². The lowest BCUT2D eigenvalue weighted by atomic mass is 10.2. The largest absolute Gasteiger partial charge is 0.455 e. The summed E-state index contributed by atoms with van der Waals surface area (Å²) < 4.78 is 12.6. The number of thioether (sulfide) groups is 1. The number of esters is 1. The molecule has 32 heavy (non-hydrogen) atoms. The number of amides is 1. The molecule has 1 aliphatic heterocycles. The summed E-state index contributed by atoms with van der Waals surface area (Å²) in [4.78, 5) is 28.8. The smallest absolute Gasteiger partial charge is 0.316 e. The van der Waals surface area contributed by atoms with E-state index in [-0.39, 0.29) is 24.4 Å². The van der Waals surface area contributed by atoms with Crippen LogP contribution in [0.1, 0.15) is 18.4 Å². The van der Waals surface area contributed by atoms with E-state index in [1.807, 2.05) is 47.0 Å². The molecule has 3 aromatic rings. The van der Waals surface area contributed by atoms with Crippen LogP contribution in [0.2, 0.25) is 5.02 Å². The van der Waals surface area contributed by atoms with Crippen LogP contribution in [0.4, 0.5) is 0 Å². The molecule has 0 saturated carbocycles.